The summed E-state index contributed by atoms with van der Waals surface area (Å²) in [6.45, 7) is 0. The minimum Gasteiger partial charge on any atom is -0.373 e. The van der Waals surface area contributed by atoms with E-state index in [9.17, 15) is 14.5 Å². The van der Waals surface area contributed by atoms with Crippen LogP contribution in [0.15, 0.2) is 30.3 Å². The van der Waals surface area contributed by atoms with Crippen molar-refractivity contribution in [1.82, 2.24) is 4.98 Å². The Bertz CT molecular complexity index is 666. The third kappa shape index (κ3) is 3.32. The average molecular weight is 388 g/mol. The molecular formula is C12H10FIN4O2. The van der Waals surface area contributed by atoms with Crippen LogP contribution in [0.2, 0.25) is 0 Å². The minimum absolute atomic E-state index is 0.0797. The summed E-state index contributed by atoms with van der Waals surface area (Å²) < 4.78 is 13.7. The Labute approximate surface area is 127 Å². The van der Waals surface area contributed by atoms with Gasteiger partial charge in [-0.2, -0.15) is 0 Å². The summed E-state index contributed by atoms with van der Waals surface area (Å²) >= 11 is 1.97. The SMILES string of the molecule is CNc1cc([N+](=O)[O-])cc(Nc2ccc(F)cc2I)n1. The smallest absolute Gasteiger partial charge is 0.276 e. The van der Waals surface area contributed by atoms with E-state index in [1.807, 2.05) is 22.6 Å². The molecule has 0 aliphatic carbocycles. The van der Waals surface area contributed by atoms with E-state index in [1.165, 1.54) is 24.3 Å². The normalized spacial score (nSPS) is 10.2. The van der Waals surface area contributed by atoms with E-state index in [1.54, 1.807) is 13.1 Å². The molecule has 0 radical (unpaired) electrons. The molecule has 0 spiro atoms. The van der Waals surface area contributed by atoms with Crippen LogP contribution in [-0.4, -0.2) is 17.0 Å². The number of nitrogens with zero attached hydrogens (tertiary/aromatic N) is 2. The fraction of sp³-hybridized carbons (Fsp3) is 0.0833. The zero-order valence-corrected chi connectivity index (χ0v) is 12.5. The van der Waals surface area contributed by atoms with Crippen molar-refractivity contribution in [3.8, 4) is 0 Å². The highest BCUT2D eigenvalue weighted by atomic mass is 127. The molecule has 0 unspecified atom stereocenters. The third-order valence-electron chi connectivity index (χ3n) is 2.47. The summed E-state index contributed by atoms with van der Waals surface area (Å²) in [5.74, 6) is 0.342. The van der Waals surface area contributed by atoms with Gasteiger partial charge in [0.25, 0.3) is 5.69 Å². The van der Waals surface area contributed by atoms with E-state index in [0.717, 1.165) is 0 Å². The number of anilines is 3. The first-order valence-electron chi connectivity index (χ1n) is 5.56. The topological polar surface area (TPSA) is 80.1 Å². The summed E-state index contributed by atoms with van der Waals surface area (Å²) in [5, 5.41) is 16.6. The Morgan fingerprint density at radius 2 is 2.00 bits per heavy atom. The van der Waals surface area contributed by atoms with Crippen LogP contribution in [0.4, 0.5) is 27.4 Å². The fourth-order valence-electron chi connectivity index (χ4n) is 1.54. The van der Waals surface area contributed by atoms with E-state index < -0.39 is 4.92 Å². The molecule has 20 heavy (non-hydrogen) atoms. The van der Waals surface area contributed by atoms with Gasteiger partial charge in [0.2, 0.25) is 0 Å². The summed E-state index contributed by atoms with van der Waals surface area (Å²) in [4.78, 5) is 14.5. The molecule has 0 amide bonds. The lowest BCUT2D eigenvalue weighted by Gasteiger charge is -2.09. The van der Waals surface area contributed by atoms with Crippen LogP contribution < -0.4 is 10.6 Å². The zero-order chi connectivity index (χ0) is 14.7. The predicted octanol–water partition coefficient (Wildman–Crippen LogP) is 3.52. The van der Waals surface area contributed by atoms with Crippen LogP contribution in [0, 0.1) is 19.5 Å². The van der Waals surface area contributed by atoms with E-state index in [4.69, 9.17) is 0 Å². The van der Waals surface area contributed by atoms with Gasteiger partial charge in [0.1, 0.15) is 17.5 Å². The molecule has 0 atom stereocenters. The van der Waals surface area contributed by atoms with Gasteiger partial charge in [-0.05, 0) is 40.8 Å². The van der Waals surface area contributed by atoms with Crippen LogP contribution in [0.5, 0.6) is 0 Å². The number of rotatable bonds is 4. The van der Waals surface area contributed by atoms with Gasteiger partial charge in [-0.1, -0.05) is 0 Å². The van der Waals surface area contributed by atoms with Crippen molar-refractivity contribution in [2.24, 2.45) is 0 Å². The minimum atomic E-state index is -0.497. The van der Waals surface area contributed by atoms with Gasteiger partial charge in [0.15, 0.2) is 0 Å². The van der Waals surface area contributed by atoms with Crippen LogP contribution in [0.1, 0.15) is 0 Å². The molecular weight excluding hydrogens is 378 g/mol. The number of benzene rings is 1. The van der Waals surface area contributed by atoms with Gasteiger partial charge >= 0.3 is 0 Å². The van der Waals surface area contributed by atoms with Crippen LogP contribution in [0.25, 0.3) is 0 Å². The van der Waals surface area contributed by atoms with Gasteiger partial charge in [0, 0.05) is 10.6 Å². The Kier molecular flexibility index (Phi) is 4.32. The van der Waals surface area contributed by atoms with Crippen LogP contribution in [-0.2, 0) is 0 Å². The highest BCUT2D eigenvalue weighted by molar-refractivity contribution is 14.1. The summed E-state index contributed by atoms with van der Waals surface area (Å²) in [6.07, 6.45) is 0. The number of nitro groups is 1. The lowest BCUT2D eigenvalue weighted by molar-refractivity contribution is -0.384. The Morgan fingerprint density at radius 3 is 2.60 bits per heavy atom. The molecule has 0 bridgehead atoms. The number of hydrogen-bond acceptors (Lipinski definition) is 5. The van der Waals surface area contributed by atoms with Crippen molar-refractivity contribution < 1.29 is 9.31 Å². The third-order valence-corrected chi connectivity index (χ3v) is 3.36. The lowest BCUT2D eigenvalue weighted by Crippen LogP contribution is -2.01. The maximum absolute atomic E-state index is 13.0. The molecule has 6 nitrogen and oxygen atoms in total. The van der Waals surface area contributed by atoms with E-state index in [-0.39, 0.29) is 11.5 Å². The standard InChI is InChI=1S/C12H10FIN4O2/c1-15-11-5-8(18(19)20)6-12(17-11)16-10-3-2-7(13)4-9(10)14/h2-6H,1H3,(H2,15,16,17). The number of nitrogens with one attached hydrogen (secondary N) is 2. The monoisotopic (exact) mass is 388 g/mol. The molecule has 1 heterocycles. The molecule has 1 aromatic heterocycles. The maximum Gasteiger partial charge on any atom is 0.276 e. The summed E-state index contributed by atoms with van der Waals surface area (Å²) in [5.41, 5.74) is 0.547. The molecule has 0 fully saturated rings. The first-order valence-corrected chi connectivity index (χ1v) is 6.64. The molecule has 2 rings (SSSR count). The van der Waals surface area contributed by atoms with Crippen molar-refractivity contribution in [2.45, 2.75) is 0 Å². The molecule has 0 saturated carbocycles. The molecule has 2 N–H and O–H groups in total. The number of aromatic nitrogens is 1. The fourth-order valence-corrected chi connectivity index (χ4v) is 2.15. The first kappa shape index (κ1) is 14.4. The zero-order valence-electron chi connectivity index (χ0n) is 10.4. The molecule has 2 aromatic rings. The lowest BCUT2D eigenvalue weighted by atomic mass is 10.3. The van der Waals surface area contributed by atoms with Crippen molar-refractivity contribution >= 4 is 45.6 Å². The van der Waals surface area contributed by atoms with Gasteiger partial charge in [0.05, 0.1) is 22.7 Å². The average Bonchev–Trinajstić information content (AvgIpc) is 2.41. The van der Waals surface area contributed by atoms with Gasteiger partial charge in [-0.25, -0.2) is 9.37 Å². The largest absolute Gasteiger partial charge is 0.373 e. The predicted molar refractivity (Wildman–Crippen MR) is 82.8 cm³/mol. The number of hydrogen-bond donors (Lipinski definition) is 2. The van der Waals surface area contributed by atoms with Gasteiger partial charge < -0.3 is 10.6 Å². The molecule has 0 saturated heterocycles. The summed E-state index contributed by atoms with van der Waals surface area (Å²) in [6, 6.07) is 6.87. The van der Waals surface area contributed by atoms with E-state index in [2.05, 4.69) is 15.6 Å². The second-order valence-electron chi connectivity index (χ2n) is 3.85. The number of halogens is 2. The molecule has 0 aliphatic rings. The summed E-state index contributed by atoms with van der Waals surface area (Å²) in [7, 11) is 1.62. The molecule has 1 aromatic carbocycles. The van der Waals surface area contributed by atoms with Crippen molar-refractivity contribution in [3.63, 3.8) is 0 Å². The highest BCUT2D eigenvalue weighted by Crippen LogP contribution is 2.26. The van der Waals surface area contributed by atoms with Crippen LogP contribution >= 0.6 is 22.6 Å². The maximum atomic E-state index is 13.0. The highest BCUT2D eigenvalue weighted by Gasteiger charge is 2.11. The van der Waals surface area contributed by atoms with E-state index >= 15 is 0 Å². The Hall–Kier alpha value is -1.97. The van der Waals surface area contributed by atoms with Gasteiger partial charge in [-0.15, -0.1) is 0 Å². The molecule has 8 heteroatoms. The number of pyridine rings is 1. The van der Waals surface area contributed by atoms with Crippen molar-refractivity contribution in [1.29, 1.82) is 0 Å². The quantitative estimate of drug-likeness (QED) is 0.476. The van der Waals surface area contributed by atoms with Gasteiger partial charge in [-0.3, -0.25) is 10.1 Å². The first-order chi connectivity index (χ1) is 9.49. The Balaban J connectivity index is 2.37. The second kappa shape index (κ2) is 5.99. The van der Waals surface area contributed by atoms with Crippen molar-refractivity contribution in [2.75, 3.05) is 17.7 Å². The Morgan fingerprint density at radius 1 is 1.30 bits per heavy atom. The van der Waals surface area contributed by atoms with Crippen molar-refractivity contribution in [3.05, 3.63) is 49.8 Å². The van der Waals surface area contributed by atoms with Crippen LogP contribution in [0.3, 0.4) is 0 Å². The molecule has 104 valence electrons. The molecule has 0 aliphatic heterocycles. The van der Waals surface area contributed by atoms with E-state index in [0.29, 0.717) is 20.9 Å². The second-order valence-corrected chi connectivity index (χ2v) is 5.01.